The van der Waals surface area contributed by atoms with Crippen LogP contribution < -0.4 is 10.1 Å². The van der Waals surface area contributed by atoms with Gasteiger partial charge in [-0.3, -0.25) is 4.79 Å². The van der Waals surface area contributed by atoms with Gasteiger partial charge in [0.2, 0.25) is 0 Å². The number of anilines is 1. The van der Waals surface area contributed by atoms with Gasteiger partial charge < -0.3 is 15.2 Å². The van der Waals surface area contributed by atoms with Crippen molar-refractivity contribution in [2.45, 2.75) is 6.92 Å². The van der Waals surface area contributed by atoms with Crippen molar-refractivity contribution in [2.75, 3.05) is 12.4 Å². The molecular weight excluding hydrogens is 413 g/mol. The van der Waals surface area contributed by atoms with Crippen LogP contribution in [0.1, 0.15) is 26.3 Å². The van der Waals surface area contributed by atoms with Gasteiger partial charge >= 0.3 is 5.97 Å². The monoisotopic (exact) mass is 429 g/mol. The molecule has 0 heterocycles. The summed E-state index contributed by atoms with van der Waals surface area (Å²) in [5.74, 6) is -0.848. The Morgan fingerprint density at radius 1 is 0.966 bits per heavy atom. The van der Waals surface area contributed by atoms with Crippen molar-refractivity contribution in [3.8, 4) is 16.9 Å². The fourth-order valence-electron chi connectivity index (χ4n) is 2.85. The topological polar surface area (TPSA) is 75.6 Å². The quantitative estimate of drug-likeness (QED) is 0.526. The van der Waals surface area contributed by atoms with Gasteiger partial charge in [-0.15, -0.1) is 0 Å². The molecule has 3 aromatic carbocycles. The van der Waals surface area contributed by atoms with E-state index in [0.717, 1.165) is 16.7 Å². The molecule has 5 nitrogen and oxygen atoms in total. The van der Waals surface area contributed by atoms with Gasteiger partial charge in [-0.05, 0) is 53.9 Å². The summed E-state index contributed by atoms with van der Waals surface area (Å²) >= 11 is 12.3. The highest BCUT2D eigenvalue weighted by molar-refractivity contribution is 6.40. The van der Waals surface area contributed by atoms with Crippen molar-refractivity contribution >= 4 is 40.8 Å². The number of methoxy groups -OCH3 is 1. The van der Waals surface area contributed by atoms with Crippen LogP contribution in [0.2, 0.25) is 10.0 Å². The number of nitrogens with one attached hydrogen (secondary N) is 1. The van der Waals surface area contributed by atoms with Gasteiger partial charge in [0.1, 0.15) is 5.75 Å². The largest absolute Gasteiger partial charge is 0.497 e. The highest BCUT2D eigenvalue weighted by atomic mass is 35.5. The van der Waals surface area contributed by atoms with Crippen molar-refractivity contribution in [3.05, 3.63) is 81.3 Å². The van der Waals surface area contributed by atoms with Crippen LogP contribution in [-0.4, -0.2) is 24.1 Å². The number of hydrogen-bond acceptors (Lipinski definition) is 3. The molecule has 1 amide bonds. The van der Waals surface area contributed by atoms with Gasteiger partial charge in [0, 0.05) is 5.56 Å². The average Bonchev–Trinajstić information content (AvgIpc) is 2.70. The number of carbonyl (C=O) groups excluding carboxylic acids is 1. The molecular formula is C22H17Cl2NO4. The maximum Gasteiger partial charge on any atom is 0.335 e. The van der Waals surface area contributed by atoms with E-state index in [0.29, 0.717) is 11.3 Å². The number of aryl methyl sites for hydroxylation is 1. The molecule has 0 aliphatic rings. The van der Waals surface area contributed by atoms with Gasteiger partial charge in [-0.2, -0.15) is 0 Å². The Morgan fingerprint density at radius 2 is 1.62 bits per heavy atom. The summed E-state index contributed by atoms with van der Waals surface area (Å²) in [6, 6.07) is 15.5. The summed E-state index contributed by atoms with van der Waals surface area (Å²) in [6.45, 7) is 1.82. The van der Waals surface area contributed by atoms with Crippen LogP contribution in [-0.2, 0) is 0 Å². The van der Waals surface area contributed by atoms with Gasteiger partial charge in [0.25, 0.3) is 5.91 Å². The lowest BCUT2D eigenvalue weighted by atomic mass is 9.99. The second-order valence-corrected chi connectivity index (χ2v) is 7.15. The smallest absolute Gasteiger partial charge is 0.335 e. The van der Waals surface area contributed by atoms with Crippen molar-refractivity contribution in [1.29, 1.82) is 0 Å². The molecule has 0 atom stereocenters. The zero-order valence-electron chi connectivity index (χ0n) is 15.6. The van der Waals surface area contributed by atoms with E-state index in [-0.39, 0.29) is 21.3 Å². The molecule has 2 N–H and O–H groups in total. The molecule has 0 radical (unpaired) electrons. The van der Waals surface area contributed by atoms with Crippen LogP contribution in [0.4, 0.5) is 5.69 Å². The third kappa shape index (κ3) is 4.53. The van der Waals surface area contributed by atoms with E-state index in [2.05, 4.69) is 5.32 Å². The lowest BCUT2D eigenvalue weighted by Gasteiger charge is -2.13. The number of ether oxygens (including phenoxy) is 1. The number of benzene rings is 3. The molecule has 0 aliphatic carbocycles. The summed E-state index contributed by atoms with van der Waals surface area (Å²) in [6.07, 6.45) is 0. The predicted octanol–water partition coefficient (Wildman–Crippen LogP) is 5.93. The van der Waals surface area contributed by atoms with Gasteiger partial charge in [-0.25, -0.2) is 4.79 Å². The zero-order chi connectivity index (χ0) is 21.1. The maximum atomic E-state index is 12.9. The molecule has 148 valence electrons. The van der Waals surface area contributed by atoms with Crippen molar-refractivity contribution in [3.63, 3.8) is 0 Å². The van der Waals surface area contributed by atoms with Crippen LogP contribution in [0.15, 0.2) is 54.6 Å². The number of hydrogen-bond donors (Lipinski definition) is 2. The Morgan fingerprint density at radius 3 is 2.24 bits per heavy atom. The Hall–Kier alpha value is -3.02. The number of halogens is 2. The number of amides is 1. The first-order valence-electron chi connectivity index (χ1n) is 8.59. The molecule has 29 heavy (non-hydrogen) atoms. The highest BCUT2D eigenvalue weighted by Crippen LogP contribution is 2.33. The van der Waals surface area contributed by atoms with Crippen LogP contribution >= 0.6 is 23.2 Å². The zero-order valence-corrected chi connectivity index (χ0v) is 17.1. The molecule has 0 bridgehead atoms. The number of carbonyl (C=O) groups is 2. The first-order valence-corrected chi connectivity index (χ1v) is 9.34. The predicted molar refractivity (Wildman–Crippen MR) is 115 cm³/mol. The van der Waals surface area contributed by atoms with Crippen molar-refractivity contribution in [1.82, 2.24) is 0 Å². The standard InChI is InChI=1S/C22H17Cl2NO4/c1-12-6-7-14(13-4-3-5-16(8-13)29-2)9-17(12)21(26)25-20-18(23)10-15(22(27)28)11-19(20)24/h3-11H,1-2H3,(H,25,26)(H,27,28). The summed E-state index contributed by atoms with van der Waals surface area (Å²) in [4.78, 5) is 24.0. The minimum absolute atomic E-state index is 0.0462. The Kier molecular flexibility index (Phi) is 6.11. The number of rotatable bonds is 5. The minimum atomic E-state index is -1.16. The molecule has 0 unspecified atom stereocenters. The fraction of sp³-hybridized carbons (Fsp3) is 0.0909. The second kappa shape index (κ2) is 8.55. The van der Waals surface area contributed by atoms with E-state index >= 15 is 0 Å². The Balaban J connectivity index is 1.95. The summed E-state index contributed by atoms with van der Waals surface area (Å²) in [5.41, 5.74) is 3.06. The molecule has 0 spiro atoms. The molecule has 0 fully saturated rings. The summed E-state index contributed by atoms with van der Waals surface area (Å²) in [7, 11) is 1.59. The van der Waals surface area contributed by atoms with E-state index in [9.17, 15) is 9.59 Å². The Bertz CT molecular complexity index is 1090. The van der Waals surface area contributed by atoms with Gasteiger partial charge in [0.05, 0.1) is 28.4 Å². The lowest BCUT2D eigenvalue weighted by molar-refractivity contribution is 0.0696. The summed E-state index contributed by atoms with van der Waals surface area (Å²) < 4.78 is 5.26. The third-order valence-corrected chi connectivity index (χ3v) is 5.01. The van der Waals surface area contributed by atoms with Crippen LogP contribution in [0.3, 0.4) is 0 Å². The molecule has 3 aromatic rings. The van der Waals surface area contributed by atoms with Crippen LogP contribution in [0.5, 0.6) is 5.75 Å². The third-order valence-electron chi connectivity index (χ3n) is 4.41. The van der Waals surface area contributed by atoms with E-state index in [1.807, 2.05) is 43.3 Å². The highest BCUT2D eigenvalue weighted by Gasteiger charge is 2.17. The van der Waals surface area contributed by atoms with Gasteiger partial charge in [-0.1, -0.05) is 47.5 Å². The summed E-state index contributed by atoms with van der Waals surface area (Å²) in [5, 5.41) is 11.9. The van der Waals surface area contributed by atoms with Gasteiger partial charge in [0.15, 0.2) is 0 Å². The fourth-order valence-corrected chi connectivity index (χ4v) is 3.43. The second-order valence-electron chi connectivity index (χ2n) is 6.34. The SMILES string of the molecule is COc1cccc(-c2ccc(C)c(C(=O)Nc3c(Cl)cc(C(=O)O)cc3Cl)c2)c1. The molecule has 3 rings (SSSR count). The van der Waals surface area contributed by atoms with E-state index in [1.54, 1.807) is 13.2 Å². The first kappa shape index (κ1) is 20.7. The molecule has 0 saturated heterocycles. The normalized spacial score (nSPS) is 10.5. The van der Waals surface area contributed by atoms with Crippen LogP contribution in [0.25, 0.3) is 11.1 Å². The molecule has 0 aliphatic heterocycles. The minimum Gasteiger partial charge on any atom is -0.497 e. The average molecular weight is 430 g/mol. The maximum absolute atomic E-state index is 12.9. The molecule has 0 aromatic heterocycles. The lowest BCUT2D eigenvalue weighted by Crippen LogP contribution is -2.14. The number of carboxylic acids is 1. The number of aromatic carboxylic acids is 1. The Labute approximate surface area is 177 Å². The van der Waals surface area contributed by atoms with Crippen molar-refractivity contribution in [2.24, 2.45) is 0 Å². The van der Waals surface area contributed by atoms with Crippen molar-refractivity contribution < 1.29 is 19.4 Å². The van der Waals surface area contributed by atoms with E-state index in [1.165, 1.54) is 12.1 Å². The van der Waals surface area contributed by atoms with E-state index < -0.39 is 11.9 Å². The van der Waals surface area contributed by atoms with Crippen LogP contribution in [0, 0.1) is 6.92 Å². The molecule has 0 saturated carbocycles. The molecule has 7 heteroatoms. The first-order chi connectivity index (χ1) is 13.8. The number of carboxylic acid groups (broad SMARTS) is 1. The van der Waals surface area contributed by atoms with E-state index in [4.69, 9.17) is 33.0 Å².